The van der Waals surface area contributed by atoms with Gasteiger partial charge in [0.1, 0.15) is 0 Å². The highest BCUT2D eigenvalue weighted by Crippen LogP contribution is 2.27. The molecule has 3 N–H and O–H groups in total. The van der Waals surface area contributed by atoms with Gasteiger partial charge in [-0.1, -0.05) is 36.8 Å². The maximum Gasteiger partial charge on any atom is 0.220 e. The molecule has 1 amide bonds. The summed E-state index contributed by atoms with van der Waals surface area (Å²) in [7, 11) is 0. The largest absolute Gasteiger partial charge is 0.369 e. The molecule has 3 nitrogen and oxygen atoms in total. The minimum absolute atomic E-state index is 0.0903. The summed E-state index contributed by atoms with van der Waals surface area (Å²) in [5.74, 6) is -0.0403. The second-order valence-corrected chi connectivity index (χ2v) is 5.99. The molecule has 1 aliphatic rings. The third-order valence-corrected chi connectivity index (χ3v) is 4.45. The van der Waals surface area contributed by atoms with Crippen molar-refractivity contribution in [3.63, 3.8) is 0 Å². The molecule has 0 spiro atoms. The predicted molar refractivity (Wildman–Crippen MR) is 82.3 cm³/mol. The molecule has 20 heavy (non-hydrogen) atoms. The lowest BCUT2D eigenvalue weighted by atomic mass is 9.85. The fraction of sp³-hybridized carbons (Fsp3) is 0.588. The Hall–Kier alpha value is -1.35. The first-order valence-corrected chi connectivity index (χ1v) is 7.72. The SMILES string of the molecule is CCC(NC1CCC(C(N)=O)CC1)c1ccc(C)cc1. The van der Waals surface area contributed by atoms with Gasteiger partial charge in [-0.2, -0.15) is 0 Å². The average molecular weight is 274 g/mol. The summed E-state index contributed by atoms with van der Waals surface area (Å²) in [5, 5.41) is 3.75. The molecule has 0 aliphatic heterocycles. The monoisotopic (exact) mass is 274 g/mol. The number of hydrogen-bond donors (Lipinski definition) is 2. The third-order valence-electron chi connectivity index (χ3n) is 4.45. The van der Waals surface area contributed by atoms with Gasteiger partial charge in [0.2, 0.25) is 5.91 Å². The molecule has 0 aromatic heterocycles. The number of carbonyl (C=O) groups excluding carboxylic acids is 1. The van der Waals surface area contributed by atoms with Gasteiger partial charge < -0.3 is 11.1 Å². The van der Waals surface area contributed by atoms with Gasteiger partial charge >= 0.3 is 0 Å². The van der Waals surface area contributed by atoms with E-state index >= 15 is 0 Å². The van der Waals surface area contributed by atoms with Crippen molar-refractivity contribution in [2.75, 3.05) is 0 Å². The van der Waals surface area contributed by atoms with E-state index in [1.54, 1.807) is 0 Å². The molecular formula is C17H26N2O. The van der Waals surface area contributed by atoms with Crippen molar-refractivity contribution >= 4 is 5.91 Å². The van der Waals surface area contributed by atoms with Crippen molar-refractivity contribution in [3.8, 4) is 0 Å². The van der Waals surface area contributed by atoms with Gasteiger partial charge in [0.15, 0.2) is 0 Å². The van der Waals surface area contributed by atoms with Gasteiger partial charge in [-0.3, -0.25) is 4.79 Å². The molecule has 0 saturated heterocycles. The number of amides is 1. The van der Waals surface area contributed by atoms with Gasteiger partial charge in [-0.15, -0.1) is 0 Å². The molecule has 1 aromatic rings. The zero-order valence-electron chi connectivity index (χ0n) is 12.6. The van der Waals surface area contributed by atoms with Crippen molar-refractivity contribution in [1.29, 1.82) is 0 Å². The molecule has 1 fully saturated rings. The molecule has 110 valence electrons. The molecule has 1 aromatic carbocycles. The first-order valence-electron chi connectivity index (χ1n) is 7.72. The van der Waals surface area contributed by atoms with Crippen molar-refractivity contribution in [2.24, 2.45) is 11.7 Å². The Kier molecular flexibility index (Phi) is 5.18. The van der Waals surface area contributed by atoms with Crippen LogP contribution in [0.3, 0.4) is 0 Å². The number of primary amides is 1. The van der Waals surface area contributed by atoms with Crippen molar-refractivity contribution in [1.82, 2.24) is 5.32 Å². The second kappa shape index (κ2) is 6.89. The lowest BCUT2D eigenvalue weighted by molar-refractivity contribution is -0.122. The summed E-state index contributed by atoms with van der Waals surface area (Å²) in [6, 6.07) is 9.69. The van der Waals surface area contributed by atoms with Crippen LogP contribution in [0.15, 0.2) is 24.3 Å². The topological polar surface area (TPSA) is 55.1 Å². The fourth-order valence-electron chi connectivity index (χ4n) is 3.08. The minimum Gasteiger partial charge on any atom is -0.369 e. The van der Waals surface area contributed by atoms with Gasteiger partial charge in [-0.05, 0) is 44.6 Å². The highest BCUT2D eigenvalue weighted by Gasteiger charge is 2.25. The van der Waals surface area contributed by atoms with Crippen molar-refractivity contribution < 1.29 is 4.79 Å². The van der Waals surface area contributed by atoms with Gasteiger partial charge in [0.25, 0.3) is 0 Å². The van der Waals surface area contributed by atoms with Crippen LogP contribution in [0, 0.1) is 12.8 Å². The normalized spacial score (nSPS) is 24.3. The number of benzene rings is 1. The molecule has 1 saturated carbocycles. The summed E-state index contributed by atoms with van der Waals surface area (Å²) >= 11 is 0. The van der Waals surface area contributed by atoms with Crippen LogP contribution in [-0.4, -0.2) is 11.9 Å². The van der Waals surface area contributed by atoms with E-state index in [0.717, 1.165) is 32.1 Å². The molecule has 1 atom stereocenters. The van der Waals surface area contributed by atoms with Crippen LogP contribution in [0.4, 0.5) is 0 Å². The number of nitrogens with one attached hydrogen (secondary N) is 1. The number of rotatable bonds is 5. The van der Waals surface area contributed by atoms with Crippen LogP contribution in [0.2, 0.25) is 0 Å². The lowest BCUT2D eigenvalue weighted by Crippen LogP contribution is -2.38. The van der Waals surface area contributed by atoms with E-state index in [1.807, 2.05) is 0 Å². The molecule has 0 heterocycles. The van der Waals surface area contributed by atoms with E-state index in [1.165, 1.54) is 11.1 Å². The van der Waals surface area contributed by atoms with E-state index in [0.29, 0.717) is 12.1 Å². The second-order valence-electron chi connectivity index (χ2n) is 5.99. The number of nitrogens with two attached hydrogens (primary N) is 1. The van der Waals surface area contributed by atoms with Crippen molar-refractivity contribution in [2.45, 2.75) is 58.0 Å². The highest BCUT2D eigenvalue weighted by molar-refractivity contribution is 5.76. The number of carbonyl (C=O) groups is 1. The number of aryl methyl sites for hydroxylation is 1. The fourth-order valence-corrected chi connectivity index (χ4v) is 3.08. The molecule has 2 rings (SSSR count). The first-order chi connectivity index (χ1) is 9.60. The molecule has 1 unspecified atom stereocenters. The Balaban J connectivity index is 1.91. The third kappa shape index (κ3) is 3.83. The summed E-state index contributed by atoms with van der Waals surface area (Å²) in [4.78, 5) is 11.2. The Labute approximate surface area is 121 Å². The smallest absolute Gasteiger partial charge is 0.220 e. The van der Waals surface area contributed by atoms with Crippen LogP contribution < -0.4 is 11.1 Å². The highest BCUT2D eigenvalue weighted by atomic mass is 16.1. The van der Waals surface area contributed by atoms with Gasteiger partial charge in [0.05, 0.1) is 0 Å². The zero-order valence-corrected chi connectivity index (χ0v) is 12.6. The predicted octanol–water partition coefficient (Wildman–Crippen LogP) is 3.08. The Morgan fingerprint density at radius 1 is 1.25 bits per heavy atom. The minimum atomic E-state index is -0.131. The Morgan fingerprint density at radius 2 is 1.85 bits per heavy atom. The lowest BCUT2D eigenvalue weighted by Gasteiger charge is -2.31. The maximum absolute atomic E-state index is 11.2. The summed E-state index contributed by atoms with van der Waals surface area (Å²) < 4.78 is 0. The van der Waals surface area contributed by atoms with Gasteiger partial charge in [-0.25, -0.2) is 0 Å². The van der Waals surface area contributed by atoms with E-state index in [4.69, 9.17) is 5.73 Å². The molecule has 0 radical (unpaired) electrons. The van der Waals surface area contributed by atoms with Gasteiger partial charge in [0, 0.05) is 18.0 Å². The standard InChI is InChI=1S/C17H26N2O/c1-3-16(13-6-4-12(2)5-7-13)19-15-10-8-14(9-11-15)17(18)20/h4-7,14-16,19H,3,8-11H2,1-2H3,(H2,18,20). The number of hydrogen-bond acceptors (Lipinski definition) is 2. The summed E-state index contributed by atoms with van der Waals surface area (Å²) in [6.07, 6.45) is 5.04. The molecule has 0 bridgehead atoms. The van der Waals surface area contributed by atoms with Crippen LogP contribution in [0.5, 0.6) is 0 Å². The molecule has 1 aliphatic carbocycles. The quantitative estimate of drug-likeness (QED) is 0.867. The molecular weight excluding hydrogens is 248 g/mol. The van der Waals surface area contributed by atoms with Crippen molar-refractivity contribution in [3.05, 3.63) is 35.4 Å². The molecule has 3 heteroatoms. The summed E-state index contributed by atoms with van der Waals surface area (Å²) in [6.45, 7) is 4.33. The first kappa shape index (κ1) is 15.0. The van der Waals surface area contributed by atoms with E-state index < -0.39 is 0 Å². The van der Waals surface area contributed by atoms with Crippen LogP contribution in [0.1, 0.15) is 56.2 Å². The Morgan fingerprint density at radius 3 is 2.35 bits per heavy atom. The van der Waals surface area contributed by atoms with E-state index in [2.05, 4.69) is 43.4 Å². The van der Waals surface area contributed by atoms with Crippen LogP contribution in [0.25, 0.3) is 0 Å². The zero-order chi connectivity index (χ0) is 14.5. The summed E-state index contributed by atoms with van der Waals surface area (Å²) in [5.41, 5.74) is 8.04. The average Bonchev–Trinajstić information content (AvgIpc) is 2.46. The maximum atomic E-state index is 11.2. The Bertz CT molecular complexity index is 433. The van der Waals surface area contributed by atoms with E-state index in [9.17, 15) is 4.79 Å². The van der Waals surface area contributed by atoms with E-state index in [-0.39, 0.29) is 11.8 Å². The van der Waals surface area contributed by atoms with Crippen LogP contribution in [-0.2, 0) is 4.79 Å². The van der Waals surface area contributed by atoms with Crippen LogP contribution >= 0.6 is 0 Å².